The Labute approximate surface area is 117 Å². The number of ketones is 1. The molecule has 0 atom stereocenters. The number of carbonyl (C=O) groups is 1. The van der Waals surface area contributed by atoms with E-state index in [4.69, 9.17) is 11.6 Å². The fraction of sp³-hybridized carbons (Fsp3) is 0.125. The third-order valence-electron chi connectivity index (χ3n) is 2.70. The van der Waals surface area contributed by atoms with Crippen molar-refractivity contribution in [2.45, 2.75) is 13.3 Å². The molecule has 0 spiro atoms. The van der Waals surface area contributed by atoms with Gasteiger partial charge in [-0.25, -0.2) is 0 Å². The Balaban J connectivity index is 2.04. The lowest BCUT2D eigenvalue weighted by atomic mass is 10.1. The van der Waals surface area contributed by atoms with Gasteiger partial charge in [-0.05, 0) is 24.6 Å². The van der Waals surface area contributed by atoms with E-state index >= 15 is 0 Å². The first kappa shape index (κ1) is 13.5. The van der Waals surface area contributed by atoms with Crippen molar-refractivity contribution in [3.63, 3.8) is 0 Å². The van der Waals surface area contributed by atoms with Crippen LogP contribution in [0.2, 0.25) is 5.02 Å². The number of Topliss-reactive ketones (excluding diaryl/α,β-unsaturated/α-hetero) is 1. The average molecular weight is 272 g/mol. The molecule has 0 unspecified atom stereocenters. The first-order chi connectivity index (χ1) is 9.16. The maximum atomic E-state index is 11.9. The van der Waals surface area contributed by atoms with Gasteiger partial charge in [0.1, 0.15) is 0 Å². The minimum Gasteiger partial charge on any atom is -0.294 e. The highest BCUT2D eigenvalue weighted by Gasteiger charge is 2.03. The van der Waals surface area contributed by atoms with Crippen molar-refractivity contribution >= 4 is 29.3 Å². The van der Waals surface area contributed by atoms with Crippen LogP contribution in [0.5, 0.6) is 0 Å². The van der Waals surface area contributed by atoms with E-state index in [9.17, 15) is 4.79 Å². The summed E-state index contributed by atoms with van der Waals surface area (Å²) >= 11 is 6.03. The highest BCUT2D eigenvalue weighted by Crippen LogP contribution is 2.25. The standard InChI is InChI=1S/C16H14ClNO/c1-12-7-8-14(17)15(11-12)18-10-9-16(19)13-5-3-2-4-6-13/h2-8,10-11H,9H2,1H3. The van der Waals surface area contributed by atoms with Gasteiger partial charge in [0.25, 0.3) is 0 Å². The van der Waals surface area contributed by atoms with E-state index < -0.39 is 0 Å². The second-order valence-electron chi connectivity index (χ2n) is 4.26. The number of hydrogen-bond donors (Lipinski definition) is 0. The van der Waals surface area contributed by atoms with Gasteiger partial charge < -0.3 is 0 Å². The minimum atomic E-state index is 0.0492. The molecule has 0 aliphatic heterocycles. The maximum Gasteiger partial charge on any atom is 0.168 e. The van der Waals surface area contributed by atoms with Gasteiger partial charge in [-0.15, -0.1) is 0 Å². The predicted molar refractivity (Wildman–Crippen MR) is 79.7 cm³/mol. The van der Waals surface area contributed by atoms with Crippen molar-refractivity contribution < 1.29 is 4.79 Å². The molecule has 3 heteroatoms. The molecule has 19 heavy (non-hydrogen) atoms. The Bertz CT molecular complexity index is 605. The van der Waals surface area contributed by atoms with Crippen molar-refractivity contribution in [2.24, 2.45) is 4.99 Å². The minimum absolute atomic E-state index is 0.0492. The van der Waals surface area contributed by atoms with Crippen LogP contribution in [-0.4, -0.2) is 12.0 Å². The SMILES string of the molecule is Cc1ccc(Cl)c(N=CCC(=O)c2ccccc2)c1. The van der Waals surface area contributed by atoms with Crippen LogP contribution in [0.25, 0.3) is 0 Å². The number of benzene rings is 2. The second kappa shape index (κ2) is 6.30. The van der Waals surface area contributed by atoms with Gasteiger partial charge in [-0.1, -0.05) is 48.0 Å². The molecule has 0 heterocycles. The van der Waals surface area contributed by atoms with Crippen LogP contribution in [0.1, 0.15) is 22.3 Å². The Hall–Kier alpha value is -1.93. The van der Waals surface area contributed by atoms with Gasteiger partial charge in [0.05, 0.1) is 10.7 Å². The van der Waals surface area contributed by atoms with Crippen molar-refractivity contribution in [1.29, 1.82) is 0 Å². The smallest absolute Gasteiger partial charge is 0.168 e. The van der Waals surface area contributed by atoms with Crippen molar-refractivity contribution in [3.05, 3.63) is 64.7 Å². The lowest BCUT2D eigenvalue weighted by Gasteiger charge is -2.00. The zero-order chi connectivity index (χ0) is 13.7. The van der Waals surface area contributed by atoms with Gasteiger partial charge in [0.2, 0.25) is 0 Å². The van der Waals surface area contributed by atoms with Crippen molar-refractivity contribution in [3.8, 4) is 0 Å². The van der Waals surface area contributed by atoms with E-state index in [1.54, 1.807) is 18.3 Å². The summed E-state index contributed by atoms with van der Waals surface area (Å²) in [5.74, 6) is 0.0492. The second-order valence-corrected chi connectivity index (χ2v) is 4.67. The molecule has 2 aromatic rings. The lowest BCUT2D eigenvalue weighted by Crippen LogP contribution is -1.98. The molecule has 2 nitrogen and oxygen atoms in total. The first-order valence-electron chi connectivity index (χ1n) is 6.04. The summed E-state index contributed by atoms with van der Waals surface area (Å²) in [6.07, 6.45) is 1.88. The van der Waals surface area contributed by atoms with Crippen LogP contribution in [0.15, 0.2) is 53.5 Å². The summed E-state index contributed by atoms with van der Waals surface area (Å²) in [5.41, 5.74) is 2.48. The molecular weight excluding hydrogens is 258 g/mol. The van der Waals surface area contributed by atoms with Crippen LogP contribution < -0.4 is 0 Å². The fourth-order valence-electron chi connectivity index (χ4n) is 1.69. The van der Waals surface area contributed by atoms with Crippen LogP contribution in [0, 0.1) is 6.92 Å². The first-order valence-corrected chi connectivity index (χ1v) is 6.41. The third-order valence-corrected chi connectivity index (χ3v) is 3.02. The molecule has 2 aromatic carbocycles. The van der Waals surface area contributed by atoms with E-state index in [1.807, 2.05) is 43.3 Å². The summed E-state index contributed by atoms with van der Waals surface area (Å²) in [4.78, 5) is 16.1. The maximum absolute atomic E-state index is 11.9. The molecule has 0 aliphatic rings. The molecule has 0 saturated heterocycles. The summed E-state index contributed by atoms with van der Waals surface area (Å²) < 4.78 is 0. The van der Waals surface area contributed by atoms with Gasteiger partial charge in [0, 0.05) is 18.2 Å². The van der Waals surface area contributed by atoms with Crippen LogP contribution in [0.4, 0.5) is 5.69 Å². The Morgan fingerprint density at radius 1 is 1.21 bits per heavy atom. The largest absolute Gasteiger partial charge is 0.294 e. The summed E-state index contributed by atoms with van der Waals surface area (Å²) in [7, 11) is 0. The van der Waals surface area contributed by atoms with Crippen LogP contribution >= 0.6 is 11.6 Å². The third kappa shape index (κ3) is 3.76. The topological polar surface area (TPSA) is 29.4 Å². The molecule has 96 valence electrons. The molecule has 0 aliphatic carbocycles. The molecule has 0 radical (unpaired) electrons. The highest BCUT2D eigenvalue weighted by molar-refractivity contribution is 6.33. The number of rotatable bonds is 4. The summed E-state index contributed by atoms with van der Waals surface area (Å²) in [6.45, 7) is 1.98. The van der Waals surface area contributed by atoms with Crippen molar-refractivity contribution in [1.82, 2.24) is 0 Å². The molecular formula is C16H14ClNO. The number of halogens is 1. The van der Waals surface area contributed by atoms with Crippen molar-refractivity contribution in [2.75, 3.05) is 0 Å². The van der Waals surface area contributed by atoms with Gasteiger partial charge in [-0.2, -0.15) is 0 Å². The Morgan fingerprint density at radius 3 is 2.68 bits per heavy atom. The van der Waals surface area contributed by atoms with Gasteiger partial charge in [-0.3, -0.25) is 9.79 Å². The molecule has 0 bridgehead atoms. The number of carbonyl (C=O) groups excluding carboxylic acids is 1. The Kier molecular flexibility index (Phi) is 4.48. The summed E-state index contributed by atoms with van der Waals surface area (Å²) in [5, 5.41) is 0.592. The quantitative estimate of drug-likeness (QED) is 0.589. The zero-order valence-electron chi connectivity index (χ0n) is 10.6. The molecule has 2 rings (SSSR count). The number of aryl methyl sites for hydroxylation is 1. The van der Waals surface area contributed by atoms with E-state index in [1.165, 1.54) is 0 Å². The fourth-order valence-corrected chi connectivity index (χ4v) is 1.86. The molecule has 0 fully saturated rings. The summed E-state index contributed by atoms with van der Waals surface area (Å²) in [6, 6.07) is 14.8. The zero-order valence-corrected chi connectivity index (χ0v) is 11.4. The number of aliphatic imine (C=N–C) groups is 1. The van der Waals surface area contributed by atoms with Crippen LogP contribution in [-0.2, 0) is 0 Å². The molecule has 0 saturated carbocycles. The average Bonchev–Trinajstić information content (AvgIpc) is 2.43. The highest BCUT2D eigenvalue weighted by atomic mass is 35.5. The number of hydrogen-bond acceptors (Lipinski definition) is 2. The monoisotopic (exact) mass is 271 g/mol. The lowest BCUT2D eigenvalue weighted by molar-refractivity contribution is 0.100. The molecule has 0 N–H and O–H groups in total. The van der Waals surface area contributed by atoms with E-state index in [0.29, 0.717) is 16.3 Å². The van der Waals surface area contributed by atoms with E-state index in [-0.39, 0.29) is 12.2 Å². The molecule has 0 aromatic heterocycles. The van der Waals surface area contributed by atoms with E-state index in [2.05, 4.69) is 4.99 Å². The van der Waals surface area contributed by atoms with E-state index in [0.717, 1.165) is 5.56 Å². The molecule has 0 amide bonds. The van der Waals surface area contributed by atoms with Gasteiger partial charge in [0.15, 0.2) is 5.78 Å². The normalized spacial score (nSPS) is 10.8. The predicted octanol–water partition coefficient (Wildman–Crippen LogP) is 4.62. The Morgan fingerprint density at radius 2 is 1.95 bits per heavy atom. The number of nitrogens with zero attached hydrogens (tertiary/aromatic N) is 1. The van der Waals surface area contributed by atoms with Gasteiger partial charge >= 0.3 is 0 Å². The van der Waals surface area contributed by atoms with Crippen LogP contribution in [0.3, 0.4) is 0 Å².